The van der Waals surface area contributed by atoms with Gasteiger partial charge < -0.3 is 11.8 Å². The van der Waals surface area contributed by atoms with E-state index in [1.54, 1.807) is 0 Å². The molecule has 0 saturated carbocycles. The number of rotatable bonds is 0. The number of benzene rings is 1. The van der Waals surface area contributed by atoms with Crippen molar-refractivity contribution < 1.29 is 55.8 Å². The average Bonchev–Trinajstić information content (AvgIpc) is 2.33. The number of fused-ring (bicyclic) bond motifs is 1. The maximum Gasteiger partial charge on any atom is 1.00 e. The third kappa shape index (κ3) is 2.40. The van der Waals surface area contributed by atoms with E-state index in [2.05, 4.69) is 11.1 Å². The summed E-state index contributed by atoms with van der Waals surface area (Å²) >= 11 is 0. The first kappa shape index (κ1) is 12.3. The number of nitrogens with zero attached hydrogens (tertiary/aromatic N) is 1. The molecule has 1 aromatic carbocycles. The number of hydrogen-bond donors (Lipinski definition) is 0. The van der Waals surface area contributed by atoms with Gasteiger partial charge in [-0.15, -0.1) is 12.1 Å². The van der Waals surface area contributed by atoms with Crippen LogP contribution < -0.4 is 51.4 Å². The van der Waals surface area contributed by atoms with Gasteiger partial charge in [0.1, 0.15) is 0 Å². The summed E-state index contributed by atoms with van der Waals surface area (Å²) in [4.78, 5) is 3.96. The molecule has 0 atom stereocenters. The second kappa shape index (κ2) is 5.14. The minimum atomic E-state index is 0. The molecule has 12 heavy (non-hydrogen) atoms. The van der Waals surface area contributed by atoms with Gasteiger partial charge in [0.2, 0.25) is 0 Å². The van der Waals surface area contributed by atoms with E-state index >= 15 is 0 Å². The van der Waals surface area contributed by atoms with Gasteiger partial charge in [-0.3, -0.25) is 4.98 Å². The van der Waals surface area contributed by atoms with Crippen molar-refractivity contribution in [3.8, 4) is 0 Å². The Bertz CT molecular complexity index is 356. The Balaban J connectivity index is 0.000000605. The fourth-order valence-electron chi connectivity index (χ4n) is 0.901. The Morgan fingerprint density at radius 1 is 1.50 bits per heavy atom. The van der Waals surface area contributed by atoms with Crippen LogP contribution in [-0.4, -0.2) is 4.98 Å². The van der Waals surface area contributed by atoms with Crippen LogP contribution in [0.4, 0.5) is 0 Å². The normalized spacial score (nSPS) is 8.75. The first-order valence-corrected chi connectivity index (χ1v) is 3.08. The smallest absolute Gasteiger partial charge is 0.470 e. The van der Waals surface area contributed by atoms with Crippen LogP contribution in [0.25, 0.3) is 11.1 Å². The molecule has 0 saturated heterocycles. The number of aromatic nitrogens is 1. The molecule has 3 heteroatoms. The Morgan fingerprint density at radius 2 is 2.25 bits per heavy atom. The van der Waals surface area contributed by atoms with E-state index in [4.69, 9.17) is 4.42 Å². The molecular weight excluding hydrogens is 177 g/mol. The van der Waals surface area contributed by atoms with Crippen molar-refractivity contribution >= 4 is 11.1 Å². The molecule has 0 radical (unpaired) electrons. The molecule has 0 aliphatic carbocycles. The first-order chi connectivity index (χ1) is 4.86. The van der Waals surface area contributed by atoms with E-state index < -0.39 is 0 Å². The summed E-state index contributed by atoms with van der Waals surface area (Å²) in [6.07, 6.45) is 1.44. The predicted molar refractivity (Wildman–Crippen MR) is 44.0 cm³/mol. The molecule has 0 spiro atoms. The SMILES string of the molecule is Cc1[c-]cc2ncoc2c1.[CH3-].[K+]. The summed E-state index contributed by atoms with van der Waals surface area (Å²) in [6.45, 7) is 1.97. The zero-order valence-corrected chi connectivity index (χ0v) is 10.7. The molecule has 0 fully saturated rings. The van der Waals surface area contributed by atoms with E-state index in [9.17, 15) is 0 Å². The largest absolute Gasteiger partial charge is 1.00 e. The van der Waals surface area contributed by atoms with Crippen molar-refractivity contribution in [3.05, 3.63) is 37.6 Å². The number of hydrogen-bond acceptors (Lipinski definition) is 2. The van der Waals surface area contributed by atoms with Crippen molar-refractivity contribution in [2.45, 2.75) is 6.92 Å². The quantitative estimate of drug-likeness (QED) is 0.405. The van der Waals surface area contributed by atoms with Gasteiger partial charge in [-0.2, -0.15) is 11.6 Å². The van der Waals surface area contributed by atoms with Crippen LogP contribution in [0.15, 0.2) is 22.9 Å². The molecule has 1 aromatic heterocycles. The van der Waals surface area contributed by atoms with Gasteiger partial charge in [0.15, 0.2) is 6.39 Å². The zero-order valence-electron chi connectivity index (χ0n) is 7.59. The molecule has 1 heterocycles. The van der Waals surface area contributed by atoms with Gasteiger partial charge in [0, 0.05) is 5.58 Å². The minimum absolute atomic E-state index is 0. The summed E-state index contributed by atoms with van der Waals surface area (Å²) in [7, 11) is 0. The molecule has 0 amide bonds. The van der Waals surface area contributed by atoms with Crippen LogP contribution in [0.1, 0.15) is 5.56 Å². The monoisotopic (exact) mass is 186 g/mol. The van der Waals surface area contributed by atoms with Crippen LogP contribution in [0.3, 0.4) is 0 Å². The molecule has 2 nitrogen and oxygen atoms in total. The second-order valence-electron chi connectivity index (χ2n) is 2.22. The third-order valence-electron chi connectivity index (χ3n) is 1.41. The molecule has 0 aliphatic heterocycles. The van der Waals surface area contributed by atoms with E-state index in [0.717, 1.165) is 16.7 Å². The van der Waals surface area contributed by atoms with Crippen molar-refractivity contribution in [1.29, 1.82) is 0 Å². The zero-order chi connectivity index (χ0) is 6.97. The molecule has 58 valence electrons. The minimum Gasteiger partial charge on any atom is -0.470 e. The molecular formula is C9H9KNO-. The van der Waals surface area contributed by atoms with Crippen LogP contribution in [0, 0.1) is 20.4 Å². The average molecular weight is 186 g/mol. The Kier molecular flexibility index (Phi) is 5.28. The van der Waals surface area contributed by atoms with Gasteiger partial charge in [-0.05, 0) is 5.52 Å². The topological polar surface area (TPSA) is 26.0 Å². The molecule has 0 aliphatic rings. The summed E-state index contributed by atoms with van der Waals surface area (Å²) in [5.74, 6) is 0. The molecule has 2 aromatic rings. The summed E-state index contributed by atoms with van der Waals surface area (Å²) in [5.41, 5.74) is 2.77. The van der Waals surface area contributed by atoms with E-state index in [-0.39, 0.29) is 58.8 Å². The maximum atomic E-state index is 5.07. The predicted octanol–water partition coefficient (Wildman–Crippen LogP) is -0.609. The van der Waals surface area contributed by atoms with E-state index in [1.807, 2.05) is 19.1 Å². The summed E-state index contributed by atoms with van der Waals surface area (Å²) in [5, 5.41) is 0. The maximum absolute atomic E-state index is 5.07. The first-order valence-electron chi connectivity index (χ1n) is 3.08. The fourth-order valence-corrected chi connectivity index (χ4v) is 0.901. The Labute approximate surface area is 115 Å². The van der Waals surface area contributed by atoms with Gasteiger partial charge in [0.05, 0.1) is 0 Å². The van der Waals surface area contributed by atoms with Gasteiger partial charge in [-0.25, -0.2) is 0 Å². The Morgan fingerprint density at radius 3 is 3.00 bits per heavy atom. The van der Waals surface area contributed by atoms with Gasteiger partial charge >= 0.3 is 51.4 Å². The van der Waals surface area contributed by atoms with Gasteiger partial charge in [-0.1, -0.05) is 6.92 Å². The molecule has 0 bridgehead atoms. The van der Waals surface area contributed by atoms with Crippen LogP contribution in [0.5, 0.6) is 0 Å². The third-order valence-corrected chi connectivity index (χ3v) is 1.41. The fraction of sp³-hybridized carbons (Fsp3) is 0.111. The number of aryl methyl sites for hydroxylation is 1. The molecule has 0 unspecified atom stereocenters. The second-order valence-corrected chi connectivity index (χ2v) is 2.22. The van der Waals surface area contributed by atoms with Crippen LogP contribution >= 0.6 is 0 Å². The standard InChI is InChI=1S/C8H6NO.CH3.K/c1-6-2-3-7-8(4-6)10-5-9-7;;/h3-5H,1H3;1H3;/q2*-1;+1. The van der Waals surface area contributed by atoms with Crippen molar-refractivity contribution in [2.75, 3.05) is 0 Å². The Hall–Kier alpha value is 0.326. The van der Waals surface area contributed by atoms with Crippen LogP contribution in [-0.2, 0) is 0 Å². The van der Waals surface area contributed by atoms with Crippen molar-refractivity contribution in [2.24, 2.45) is 0 Å². The summed E-state index contributed by atoms with van der Waals surface area (Å²) in [6, 6.07) is 6.78. The van der Waals surface area contributed by atoms with Crippen molar-refractivity contribution in [1.82, 2.24) is 4.98 Å². The van der Waals surface area contributed by atoms with Gasteiger partial charge in [0.25, 0.3) is 0 Å². The van der Waals surface area contributed by atoms with E-state index in [0.29, 0.717) is 0 Å². The molecule has 0 N–H and O–H groups in total. The summed E-state index contributed by atoms with van der Waals surface area (Å²) < 4.78 is 5.07. The molecule has 2 rings (SSSR count). The van der Waals surface area contributed by atoms with E-state index in [1.165, 1.54) is 6.39 Å². The number of oxazole rings is 1. The van der Waals surface area contributed by atoms with Crippen LogP contribution in [0.2, 0.25) is 0 Å². The van der Waals surface area contributed by atoms with Crippen molar-refractivity contribution in [3.63, 3.8) is 0 Å².